The summed E-state index contributed by atoms with van der Waals surface area (Å²) in [5.74, 6) is 1.96. The number of thioether (sulfide) groups is 1. The minimum atomic E-state index is 0.624. The van der Waals surface area contributed by atoms with E-state index in [1.807, 2.05) is 11.8 Å². The van der Waals surface area contributed by atoms with E-state index in [0.29, 0.717) is 6.04 Å². The summed E-state index contributed by atoms with van der Waals surface area (Å²) in [4.78, 5) is 1.35. The van der Waals surface area contributed by atoms with Crippen molar-refractivity contribution in [3.05, 3.63) is 28.7 Å². The van der Waals surface area contributed by atoms with Crippen molar-refractivity contribution in [2.24, 2.45) is 5.92 Å². The van der Waals surface area contributed by atoms with Gasteiger partial charge in [0.1, 0.15) is 0 Å². The minimum Gasteiger partial charge on any atom is -0.313 e. The van der Waals surface area contributed by atoms with Gasteiger partial charge in [0.15, 0.2) is 0 Å². The highest BCUT2D eigenvalue weighted by molar-refractivity contribution is 9.10. The van der Waals surface area contributed by atoms with E-state index >= 15 is 0 Å². The van der Waals surface area contributed by atoms with E-state index in [-0.39, 0.29) is 0 Å². The van der Waals surface area contributed by atoms with Crippen LogP contribution in [-0.4, -0.2) is 18.3 Å². The highest BCUT2D eigenvalue weighted by Gasteiger charge is 2.11. The van der Waals surface area contributed by atoms with Crippen LogP contribution < -0.4 is 5.32 Å². The minimum absolute atomic E-state index is 0.624. The summed E-state index contributed by atoms with van der Waals surface area (Å²) in [5, 5.41) is 3.60. The lowest BCUT2D eigenvalue weighted by Gasteiger charge is -2.20. The van der Waals surface area contributed by atoms with Gasteiger partial charge in [0.25, 0.3) is 0 Å². The monoisotopic (exact) mass is 329 g/mol. The predicted molar refractivity (Wildman–Crippen MR) is 86.4 cm³/mol. The van der Waals surface area contributed by atoms with Gasteiger partial charge in [0.2, 0.25) is 0 Å². The van der Waals surface area contributed by atoms with Crippen LogP contribution in [0.3, 0.4) is 0 Å². The van der Waals surface area contributed by atoms with Crippen LogP contribution in [0.4, 0.5) is 0 Å². The zero-order valence-corrected chi connectivity index (χ0v) is 14.0. The zero-order valence-electron chi connectivity index (χ0n) is 11.6. The predicted octanol–water partition coefficient (Wildman–Crippen LogP) is 4.96. The van der Waals surface area contributed by atoms with Gasteiger partial charge in [-0.25, -0.2) is 0 Å². The summed E-state index contributed by atoms with van der Waals surface area (Å²) in [7, 11) is 0. The first-order chi connectivity index (χ1) is 8.65. The first-order valence-electron chi connectivity index (χ1n) is 6.77. The standard InChI is InChI=1S/C15H24BrNS/c1-4-12(3)10-14(17-5-2)11-18-15-8-6-13(16)7-9-15/h6-9,12,14,17H,4-5,10-11H2,1-3H3. The van der Waals surface area contributed by atoms with E-state index in [1.165, 1.54) is 17.7 Å². The smallest absolute Gasteiger partial charge is 0.0176 e. The molecule has 0 radical (unpaired) electrons. The molecule has 1 rings (SSSR count). The summed E-state index contributed by atoms with van der Waals surface area (Å²) in [6, 6.07) is 9.21. The van der Waals surface area contributed by atoms with Gasteiger partial charge in [-0.15, -0.1) is 11.8 Å². The molecular weight excluding hydrogens is 306 g/mol. The van der Waals surface area contributed by atoms with E-state index in [1.54, 1.807) is 0 Å². The van der Waals surface area contributed by atoms with Gasteiger partial charge < -0.3 is 5.32 Å². The Labute approximate surface area is 124 Å². The van der Waals surface area contributed by atoms with Crippen LogP contribution in [0.5, 0.6) is 0 Å². The van der Waals surface area contributed by atoms with Crippen molar-refractivity contribution >= 4 is 27.7 Å². The SMILES string of the molecule is CCNC(CSc1ccc(Br)cc1)CC(C)CC. The Balaban J connectivity index is 2.43. The molecule has 0 saturated heterocycles. The van der Waals surface area contributed by atoms with Gasteiger partial charge >= 0.3 is 0 Å². The molecule has 0 aliphatic rings. The molecule has 1 nitrogen and oxygen atoms in total. The van der Waals surface area contributed by atoms with E-state index in [4.69, 9.17) is 0 Å². The van der Waals surface area contributed by atoms with Gasteiger partial charge in [0.05, 0.1) is 0 Å². The largest absolute Gasteiger partial charge is 0.313 e. The quantitative estimate of drug-likeness (QED) is 0.677. The van der Waals surface area contributed by atoms with Crippen LogP contribution in [0.15, 0.2) is 33.6 Å². The van der Waals surface area contributed by atoms with Crippen molar-refractivity contribution in [1.29, 1.82) is 0 Å². The number of benzene rings is 1. The summed E-state index contributed by atoms with van der Waals surface area (Å²) >= 11 is 5.42. The Kier molecular flexibility index (Phi) is 8.03. The average Bonchev–Trinajstić information content (AvgIpc) is 2.38. The molecular formula is C15H24BrNS. The van der Waals surface area contributed by atoms with E-state index < -0.39 is 0 Å². The van der Waals surface area contributed by atoms with E-state index in [2.05, 4.69) is 66.3 Å². The third-order valence-electron chi connectivity index (χ3n) is 3.14. The van der Waals surface area contributed by atoms with Crippen LogP contribution in [0.25, 0.3) is 0 Å². The molecule has 18 heavy (non-hydrogen) atoms. The van der Waals surface area contributed by atoms with Crippen LogP contribution in [-0.2, 0) is 0 Å². The summed E-state index contributed by atoms with van der Waals surface area (Å²) in [6.07, 6.45) is 2.54. The number of rotatable bonds is 8. The molecule has 0 saturated carbocycles. The molecule has 0 fully saturated rings. The molecule has 1 N–H and O–H groups in total. The molecule has 2 atom stereocenters. The second kappa shape index (κ2) is 9.00. The lowest BCUT2D eigenvalue weighted by Crippen LogP contribution is -2.32. The van der Waals surface area contributed by atoms with Crippen molar-refractivity contribution in [3.63, 3.8) is 0 Å². The third-order valence-corrected chi connectivity index (χ3v) is 4.84. The maximum absolute atomic E-state index is 3.60. The van der Waals surface area contributed by atoms with E-state index in [0.717, 1.165) is 22.7 Å². The van der Waals surface area contributed by atoms with Crippen molar-refractivity contribution < 1.29 is 0 Å². The fourth-order valence-corrected chi connectivity index (χ4v) is 3.12. The Morgan fingerprint density at radius 3 is 2.44 bits per heavy atom. The Bertz CT molecular complexity index is 326. The van der Waals surface area contributed by atoms with Gasteiger partial charge in [0, 0.05) is 21.2 Å². The van der Waals surface area contributed by atoms with Gasteiger partial charge in [-0.2, -0.15) is 0 Å². The lowest BCUT2D eigenvalue weighted by molar-refractivity contribution is 0.423. The fourth-order valence-electron chi connectivity index (χ4n) is 1.88. The van der Waals surface area contributed by atoms with Crippen LogP contribution in [0, 0.1) is 5.92 Å². The van der Waals surface area contributed by atoms with Crippen LogP contribution >= 0.6 is 27.7 Å². The molecule has 3 heteroatoms. The van der Waals surface area contributed by atoms with Crippen molar-refractivity contribution in [1.82, 2.24) is 5.32 Å². The lowest BCUT2D eigenvalue weighted by atomic mass is 10.0. The molecule has 0 aliphatic carbocycles. The average molecular weight is 330 g/mol. The summed E-state index contributed by atoms with van der Waals surface area (Å²) in [6.45, 7) is 7.86. The highest BCUT2D eigenvalue weighted by atomic mass is 79.9. The van der Waals surface area contributed by atoms with E-state index in [9.17, 15) is 0 Å². The maximum Gasteiger partial charge on any atom is 0.0176 e. The van der Waals surface area contributed by atoms with Crippen molar-refractivity contribution in [2.75, 3.05) is 12.3 Å². The molecule has 0 heterocycles. The molecule has 0 spiro atoms. The summed E-state index contributed by atoms with van der Waals surface area (Å²) < 4.78 is 1.15. The maximum atomic E-state index is 3.60. The molecule has 0 aromatic heterocycles. The van der Waals surface area contributed by atoms with Crippen LogP contribution in [0.2, 0.25) is 0 Å². The van der Waals surface area contributed by atoms with Crippen LogP contribution in [0.1, 0.15) is 33.6 Å². The zero-order chi connectivity index (χ0) is 13.4. The first-order valence-corrected chi connectivity index (χ1v) is 8.55. The third kappa shape index (κ3) is 6.26. The number of halogens is 1. The molecule has 0 aliphatic heterocycles. The number of hydrogen-bond acceptors (Lipinski definition) is 2. The molecule has 0 amide bonds. The number of nitrogens with one attached hydrogen (secondary N) is 1. The molecule has 1 aromatic carbocycles. The highest BCUT2D eigenvalue weighted by Crippen LogP contribution is 2.23. The fraction of sp³-hybridized carbons (Fsp3) is 0.600. The van der Waals surface area contributed by atoms with Gasteiger partial charge in [-0.3, -0.25) is 0 Å². The Hall–Kier alpha value is 0.01000. The Morgan fingerprint density at radius 1 is 1.22 bits per heavy atom. The topological polar surface area (TPSA) is 12.0 Å². The van der Waals surface area contributed by atoms with Crippen molar-refractivity contribution in [3.8, 4) is 0 Å². The molecule has 0 bridgehead atoms. The Morgan fingerprint density at radius 2 is 1.89 bits per heavy atom. The second-order valence-corrected chi connectivity index (χ2v) is 6.78. The molecule has 2 unspecified atom stereocenters. The summed E-state index contributed by atoms with van der Waals surface area (Å²) in [5.41, 5.74) is 0. The van der Waals surface area contributed by atoms with Gasteiger partial charge in [-0.1, -0.05) is 43.1 Å². The molecule has 1 aromatic rings. The van der Waals surface area contributed by atoms with Crippen molar-refractivity contribution in [2.45, 2.75) is 44.6 Å². The number of hydrogen-bond donors (Lipinski definition) is 1. The van der Waals surface area contributed by atoms with Gasteiger partial charge in [-0.05, 0) is 43.1 Å². The normalized spacial score (nSPS) is 14.4. The first kappa shape index (κ1) is 16.1. The second-order valence-electron chi connectivity index (χ2n) is 4.77. The molecule has 102 valence electrons.